The first kappa shape index (κ1) is 23.4. The van der Waals surface area contributed by atoms with Gasteiger partial charge in [0.1, 0.15) is 11.0 Å². The Morgan fingerprint density at radius 1 is 1.21 bits per heavy atom. The number of nitrogens with one attached hydrogen (secondary N) is 1. The van der Waals surface area contributed by atoms with E-state index in [2.05, 4.69) is 37.2 Å². The summed E-state index contributed by atoms with van der Waals surface area (Å²) in [5.41, 5.74) is 1.20. The molecule has 6 nitrogen and oxygen atoms in total. The number of nitrogens with zero attached hydrogens (tertiary/aromatic N) is 4. The Labute approximate surface area is 183 Å². The average Bonchev–Trinajstić information content (AvgIpc) is 2.69. The molecule has 0 aliphatic carbocycles. The third kappa shape index (κ3) is 8.60. The standard InChI is InChI=1S/C21H30ClN5OS/c1-5-16(2)23-20(28)15-29-21-24-18(22)13-19(25-21)27(12-11-26(3)4)14-17-9-7-6-8-10-17/h6-10,13,16H,5,11-12,14-15H2,1-4H3,(H,23,28). The molecule has 1 unspecified atom stereocenters. The Morgan fingerprint density at radius 2 is 1.93 bits per heavy atom. The molecule has 8 heteroatoms. The Bertz CT molecular complexity index is 775. The highest BCUT2D eigenvalue weighted by atomic mass is 35.5. The maximum absolute atomic E-state index is 12.1. The van der Waals surface area contributed by atoms with Crippen molar-refractivity contribution in [2.45, 2.75) is 38.0 Å². The van der Waals surface area contributed by atoms with Crippen LogP contribution in [0.25, 0.3) is 0 Å². The zero-order valence-electron chi connectivity index (χ0n) is 17.6. The molecule has 1 aromatic heterocycles. The lowest BCUT2D eigenvalue weighted by atomic mass is 10.2. The largest absolute Gasteiger partial charge is 0.353 e. The molecule has 2 aromatic rings. The van der Waals surface area contributed by atoms with Gasteiger partial charge < -0.3 is 15.1 Å². The smallest absolute Gasteiger partial charge is 0.230 e. The minimum absolute atomic E-state index is 0.0248. The van der Waals surface area contributed by atoms with E-state index in [-0.39, 0.29) is 17.7 Å². The van der Waals surface area contributed by atoms with Gasteiger partial charge >= 0.3 is 0 Å². The summed E-state index contributed by atoms with van der Waals surface area (Å²) < 4.78 is 0. The van der Waals surface area contributed by atoms with E-state index in [4.69, 9.17) is 11.6 Å². The third-order valence-corrected chi connectivity index (χ3v) is 5.41. The van der Waals surface area contributed by atoms with Gasteiger partial charge in [0.05, 0.1) is 5.75 Å². The van der Waals surface area contributed by atoms with Gasteiger partial charge in [-0.05, 0) is 33.0 Å². The SMILES string of the molecule is CCC(C)NC(=O)CSc1nc(Cl)cc(N(CCN(C)C)Cc2ccccc2)n1. The molecule has 0 aliphatic heterocycles. The number of hydrogen-bond acceptors (Lipinski definition) is 6. The number of carbonyl (C=O) groups excluding carboxylic acids is 1. The molecule has 1 heterocycles. The van der Waals surface area contributed by atoms with E-state index in [1.165, 1.54) is 17.3 Å². The molecule has 0 spiro atoms. The number of rotatable bonds is 11. The van der Waals surface area contributed by atoms with E-state index in [0.29, 0.717) is 10.3 Å². The van der Waals surface area contributed by atoms with Crippen LogP contribution in [0.1, 0.15) is 25.8 Å². The van der Waals surface area contributed by atoms with Crippen LogP contribution in [0.5, 0.6) is 0 Å². The van der Waals surface area contributed by atoms with Crippen molar-refractivity contribution in [1.82, 2.24) is 20.2 Å². The predicted octanol–water partition coefficient (Wildman–Crippen LogP) is 3.71. The van der Waals surface area contributed by atoms with Crippen LogP contribution in [0, 0.1) is 0 Å². The fourth-order valence-corrected chi connectivity index (χ4v) is 3.45. The molecule has 0 saturated heterocycles. The molecule has 1 amide bonds. The van der Waals surface area contributed by atoms with Crippen LogP contribution < -0.4 is 10.2 Å². The van der Waals surface area contributed by atoms with Gasteiger partial charge in [-0.1, -0.05) is 60.6 Å². The number of benzene rings is 1. The van der Waals surface area contributed by atoms with E-state index in [1.54, 1.807) is 6.07 Å². The van der Waals surface area contributed by atoms with E-state index >= 15 is 0 Å². The number of likely N-dealkylation sites (N-methyl/N-ethyl adjacent to an activating group) is 1. The highest BCUT2D eigenvalue weighted by Gasteiger charge is 2.14. The molecule has 0 fully saturated rings. The van der Waals surface area contributed by atoms with Crippen molar-refractivity contribution in [3.63, 3.8) is 0 Å². The van der Waals surface area contributed by atoms with Crippen LogP contribution in [0.3, 0.4) is 0 Å². The molecular formula is C21H30ClN5OS. The Morgan fingerprint density at radius 3 is 2.59 bits per heavy atom. The number of hydrogen-bond donors (Lipinski definition) is 1. The van der Waals surface area contributed by atoms with Crippen LogP contribution in [0.15, 0.2) is 41.6 Å². The monoisotopic (exact) mass is 435 g/mol. The zero-order chi connectivity index (χ0) is 21.2. The molecular weight excluding hydrogens is 406 g/mol. The molecule has 0 aliphatic rings. The zero-order valence-corrected chi connectivity index (χ0v) is 19.1. The Balaban J connectivity index is 2.14. The second kappa shape index (κ2) is 12.0. The summed E-state index contributed by atoms with van der Waals surface area (Å²) >= 11 is 7.58. The Hall–Kier alpha value is -1.83. The minimum Gasteiger partial charge on any atom is -0.353 e. The van der Waals surface area contributed by atoms with Gasteiger partial charge in [-0.3, -0.25) is 4.79 Å². The van der Waals surface area contributed by atoms with Crippen molar-refractivity contribution in [2.24, 2.45) is 0 Å². The van der Waals surface area contributed by atoms with Gasteiger partial charge in [0.2, 0.25) is 5.91 Å². The summed E-state index contributed by atoms with van der Waals surface area (Å²) in [6.07, 6.45) is 0.897. The van der Waals surface area contributed by atoms with Gasteiger partial charge in [0, 0.05) is 31.7 Å². The summed E-state index contributed by atoms with van der Waals surface area (Å²) in [6, 6.07) is 12.2. The number of carbonyl (C=O) groups is 1. The quantitative estimate of drug-likeness (QED) is 0.330. The van der Waals surface area contributed by atoms with Crippen molar-refractivity contribution in [1.29, 1.82) is 0 Å². The average molecular weight is 436 g/mol. The van der Waals surface area contributed by atoms with Crippen LogP contribution in [0.2, 0.25) is 5.15 Å². The number of aromatic nitrogens is 2. The van der Waals surface area contributed by atoms with Gasteiger partial charge in [0.25, 0.3) is 0 Å². The molecule has 1 N–H and O–H groups in total. The lowest BCUT2D eigenvalue weighted by Crippen LogP contribution is -2.33. The molecule has 29 heavy (non-hydrogen) atoms. The van der Waals surface area contributed by atoms with Gasteiger partial charge in [0.15, 0.2) is 5.16 Å². The lowest BCUT2D eigenvalue weighted by molar-refractivity contribution is -0.119. The number of thioether (sulfide) groups is 1. The molecule has 0 saturated carbocycles. The third-order valence-electron chi connectivity index (χ3n) is 4.37. The first-order chi connectivity index (χ1) is 13.9. The van der Waals surface area contributed by atoms with Crippen molar-refractivity contribution in [3.8, 4) is 0 Å². The fourth-order valence-electron chi connectivity index (χ4n) is 2.56. The summed E-state index contributed by atoms with van der Waals surface area (Å²) in [5, 5.41) is 3.84. The maximum Gasteiger partial charge on any atom is 0.230 e. The molecule has 0 radical (unpaired) electrons. The summed E-state index contributed by atoms with van der Waals surface area (Å²) in [4.78, 5) is 25.4. The highest BCUT2D eigenvalue weighted by molar-refractivity contribution is 7.99. The lowest BCUT2D eigenvalue weighted by Gasteiger charge is -2.26. The molecule has 158 valence electrons. The number of amides is 1. The molecule has 1 atom stereocenters. The van der Waals surface area contributed by atoms with Gasteiger partial charge in [-0.2, -0.15) is 0 Å². The Kier molecular flexibility index (Phi) is 9.70. The fraction of sp³-hybridized carbons (Fsp3) is 0.476. The van der Waals surface area contributed by atoms with E-state index in [0.717, 1.165) is 31.9 Å². The predicted molar refractivity (Wildman–Crippen MR) is 122 cm³/mol. The van der Waals surface area contributed by atoms with Crippen molar-refractivity contribution in [3.05, 3.63) is 47.1 Å². The summed E-state index contributed by atoms with van der Waals surface area (Å²) in [7, 11) is 4.09. The van der Waals surface area contributed by atoms with Crippen LogP contribution in [-0.4, -0.2) is 59.8 Å². The van der Waals surface area contributed by atoms with E-state index < -0.39 is 0 Å². The summed E-state index contributed by atoms with van der Waals surface area (Å²) in [5.74, 6) is 1.00. The molecule has 2 rings (SSSR count). The normalized spacial score (nSPS) is 12.1. The number of anilines is 1. The maximum atomic E-state index is 12.1. The van der Waals surface area contributed by atoms with Crippen molar-refractivity contribution in [2.75, 3.05) is 37.8 Å². The van der Waals surface area contributed by atoms with E-state index in [9.17, 15) is 4.79 Å². The molecule has 0 bridgehead atoms. The summed E-state index contributed by atoms with van der Waals surface area (Å²) in [6.45, 7) is 6.44. The van der Waals surface area contributed by atoms with Crippen LogP contribution in [0.4, 0.5) is 5.82 Å². The topological polar surface area (TPSA) is 61.4 Å². The van der Waals surface area contributed by atoms with Gasteiger partial charge in [-0.25, -0.2) is 9.97 Å². The highest BCUT2D eigenvalue weighted by Crippen LogP contribution is 2.23. The molecule has 1 aromatic carbocycles. The van der Waals surface area contributed by atoms with Crippen LogP contribution >= 0.6 is 23.4 Å². The van der Waals surface area contributed by atoms with Crippen LogP contribution in [-0.2, 0) is 11.3 Å². The van der Waals surface area contributed by atoms with E-state index in [1.807, 2.05) is 46.1 Å². The van der Waals surface area contributed by atoms with Crippen molar-refractivity contribution < 1.29 is 4.79 Å². The number of halogens is 1. The second-order valence-electron chi connectivity index (χ2n) is 7.21. The van der Waals surface area contributed by atoms with Gasteiger partial charge in [-0.15, -0.1) is 0 Å². The first-order valence-corrected chi connectivity index (χ1v) is 11.1. The van der Waals surface area contributed by atoms with Crippen molar-refractivity contribution >= 4 is 35.1 Å². The second-order valence-corrected chi connectivity index (χ2v) is 8.54. The first-order valence-electron chi connectivity index (χ1n) is 9.77. The minimum atomic E-state index is -0.0248.